The summed E-state index contributed by atoms with van der Waals surface area (Å²) in [7, 11) is 1.57. The molecule has 3 nitrogen and oxygen atoms in total. The van der Waals surface area contributed by atoms with Crippen molar-refractivity contribution in [3.8, 4) is 5.75 Å². The Morgan fingerprint density at radius 1 is 1.29 bits per heavy atom. The van der Waals surface area contributed by atoms with E-state index in [1.165, 1.54) is 0 Å². The molecule has 0 bridgehead atoms. The molecule has 1 unspecified atom stereocenters. The maximum atomic E-state index is 11.5. The van der Waals surface area contributed by atoms with E-state index < -0.39 is 11.9 Å². The lowest BCUT2D eigenvalue weighted by molar-refractivity contribution is -0.140. The van der Waals surface area contributed by atoms with Gasteiger partial charge in [-0.2, -0.15) is 0 Å². The number of para-hydroxylation sites is 1. The topological polar surface area (TPSA) is 46.5 Å². The number of ether oxygens (including phenoxy) is 1. The van der Waals surface area contributed by atoms with E-state index in [0.29, 0.717) is 5.75 Å². The van der Waals surface area contributed by atoms with Crippen LogP contribution < -0.4 is 4.74 Å². The van der Waals surface area contributed by atoms with Crippen LogP contribution in [-0.2, 0) is 4.79 Å². The van der Waals surface area contributed by atoms with Crippen molar-refractivity contribution >= 4 is 5.97 Å². The average molecular weight is 236 g/mol. The minimum Gasteiger partial charge on any atom is -0.496 e. The molecule has 0 fully saturated rings. The van der Waals surface area contributed by atoms with Gasteiger partial charge in [-0.25, -0.2) is 0 Å². The van der Waals surface area contributed by atoms with Crippen LogP contribution in [0, 0.1) is 5.92 Å². The molecule has 94 valence electrons. The third-order valence-electron chi connectivity index (χ3n) is 3.26. The van der Waals surface area contributed by atoms with Crippen molar-refractivity contribution in [2.24, 2.45) is 5.92 Å². The number of hydrogen-bond donors (Lipinski definition) is 1. The fourth-order valence-corrected chi connectivity index (χ4v) is 2.27. The highest BCUT2D eigenvalue weighted by atomic mass is 16.5. The molecule has 1 rings (SSSR count). The first-order chi connectivity index (χ1) is 8.15. The minimum absolute atomic E-state index is 0.142. The summed E-state index contributed by atoms with van der Waals surface area (Å²) in [6.07, 6.45) is 1.71. The van der Waals surface area contributed by atoms with Crippen molar-refractivity contribution in [2.45, 2.75) is 32.6 Å². The van der Waals surface area contributed by atoms with Gasteiger partial charge in [0.15, 0.2) is 0 Å². The van der Waals surface area contributed by atoms with Crippen LogP contribution in [0.3, 0.4) is 0 Å². The Bertz CT molecular complexity index is 369. The minimum atomic E-state index is -0.775. The highest BCUT2D eigenvalue weighted by molar-refractivity contribution is 5.77. The molecule has 0 saturated carbocycles. The van der Waals surface area contributed by atoms with Crippen LogP contribution in [0.5, 0.6) is 5.75 Å². The molecule has 0 amide bonds. The molecule has 0 spiro atoms. The van der Waals surface area contributed by atoms with Gasteiger partial charge in [-0.05, 0) is 12.0 Å². The Labute approximate surface area is 102 Å². The number of rotatable bonds is 6. The van der Waals surface area contributed by atoms with Crippen molar-refractivity contribution in [2.75, 3.05) is 7.11 Å². The van der Waals surface area contributed by atoms with E-state index >= 15 is 0 Å². The summed E-state index contributed by atoms with van der Waals surface area (Å²) < 4.78 is 5.25. The summed E-state index contributed by atoms with van der Waals surface area (Å²) >= 11 is 0. The van der Waals surface area contributed by atoms with Crippen LogP contribution in [0.15, 0.2) is 24.3 Å². The van der Waals surface area contributed by atoms with Crippen molar-refractivity contribution in [1.82, 2.24) is 0 Å². The Balaban J connectivity index is 3.17. The van der Waals surface area contributed by atoms with Crippen molar-refractivity contribution in [3.05, 3.63) is 29.8 Å². The van der Waals surface area contributed by atoms with E-state index in [2.05, 4.69) is 0 Å². The third kappa shape index (κ3) is 2.99. The lowest BCUT2D eigenvalue weighted by atomic mass is 9.82. The van der Waals surface area contributed by atoms with E-state index in [0.717, 1.165) is 18.4 Å². The van der Waals surface area contributed by atoms with Gasteiger partial charge in [-0.1, -0.05) is 44.9 Å². The SMILES string of the molecule is CCC(CC)C(C(=O)O)c1ccccc1OC. The summed E-state index contributed by atoms with van der Waals surface area (Å²) in [5.74, 6) is -0.458. The quantitative estimate of drug-likeness (QED) is 0.824. The highest BCUT2D eigenvalue weighted by Gasteiger charge is 2.29. The van der Waals surface area contributed by atoms with Gasteiger partial charge in [0.2, 0.25) is 0 Å². The van der Waals surface area contributed by atoms with E-state index in [9.17, 15) is 9.90 Å². The Morgan fingerprint density at radius 3 is 2.35 bits per heavy atom. The summed E-state index contributed by atoms with van der Waals surface area (Å²) in [6, 6.07) is 7.37. The molecular weight excluding hydrogens is 216 g/mol. The lowest BCUT2D eigenvalue weighted by Crippen LogP contribution is -2.21. The molecular formula is C14H20O3. The number of hydrogen-bond acceptors (Lipinski definition) is 2. The van der Waals surface area contributed by atoms with Crippen molar-refractivity contribution in [3.63, 3.8) is 0 Å². The van der Waals surface area contributed by atoms with Crippen molar-refractivity contribution in [1.29, 1.82) is 0 Å². The fourth-order valence-electron chi connectivity index (χ4n) is 2.27. The first kappa shape index (κ1) is 13.6. The van der Waals surface area contributed by atoms with Crippen LogP contribution in [0.4, 0.5) is 0 Å². The van der Waals surface area contributed by atoms with Crippen LogP contribution in [0.2, 0.25) is 0 Å². The Morgan fingerprint density at radius 2 is 1.88 bits per heavy atom. The molecule has 17 heavy (non-hydrogen) atoms. The van der Waals surface area contributed by atoms with Gasteiger partial charge in [0.25, 0.3) is 0 Å². The number of benzene rings is 1. The van der Waals surface area contributed by atoms with E-state index in [1.54, 1.807) is 7.11 Å². The summed E-state index contributed by atoms with van der Waals surface area (Å²) in [4.78, 5) is 11.5. The van der Waals surface area contributed by atoms with Crippen LogP contribution in [0.25, 0.3) is 0 Å². The highest BCUT2D eigenvalue weighted by Crippen LogP contribution is 2.35. The van der Waals surface area contributed by atoms with E-state index in [-0.39, 0.29) is 5.92 Å². The molecule has 0 heterocycles. The molecule has 1 atom stereocenters. The van der Waals surface area contributed by atoms with Gasteiger partial charge in [0, 0.05) is 5.56 Å². The maximum absolute atomic E-state index is 11.5. The second-order valence-corrected chi connectivity index (χ2v) is 4.13. The number of carboxylic acids is 1. The van der Waals surface area contributed by atoms with Gasteiger partial charge < -0.3 is 9.84 Å². The molecule has 0 aliphatic heterocycles. The van der Waals surface area contributed by atoms with Gasteiger partial charge in [-0.3, -0.25) is 4.79 Å². The predicted molar refractivity (Wildman–Crippen MR) is 67.4 cm³/mol. The number of carbonyl (C=O) groups is 1. The van der Waals surface area contributed by atoms with Crippen molar-refractivity contribution < 1.29 is 14.6 Å². The van der Waals surface area contributed by atoms with Gasteiger partial charge in [-0.15, -0.1) is 0 Å². The molecule has 1 aromatic carbocycles. The maximum Gasteiger partial charge on any atom is 0.311 e. The average Bonchev–Trinajstić information content (AvgIpc) is 2.35. The standard InChI is InChI=1S/C14H20O3/c1-4-10(5-2)13(14(15)16)11-8-6-7-9-12(11)17-3/h6-10,13H,4-5H2,1-3H3,(H,15,16). The summed E-state index contributed by atoms with van der Waals surface area (Å²) in [5.41, 5.74) is 0.774. The molecule has 0 saturated heterocycles. The monoisotopic (exact) mass is 236 g/mol. The van der Waals surface area contributed by atoms with Gasteiger partial charge >= 0.3 is 5.97 Å². The largest absolute Gasteiger partial charge is 0.496 e. The van der Waals surface area contributed by atoms with E-state index in [4.69, 9.17) is 4.74 Å². The zero-order valence-corrected chi connectivity index (χ0v) is 10.6. The van der Waals surface area contributed by atoms with Gasteiger partial charge in [0.05, 0.1) is 13.0 Å². The van der Waals surface area contributed by atoms with Crippen LogP contribution in [-0.4, -0.2) is 18.2 Å². The molecule has 0 aromatic heterocycles. The fraction of sp³-hybridized carbons (Fsp3) is 0.500. The lowest BCUT2D eigenvalue weighted by Gasteiger charge is -2.23. The Kier molecular flexibility index (Phi) is 5.01. The Hall–Kier alpha value is -1.51. The molecule has 1 aromatic rings. The predicted octanol–water partition coefficient (Wildman–Crippen LogP) is 3.30. The van der Waals surface area contributed by atoms with Crippen LogP contribution >= 0.6 is 0 Å². The van der Waals surface area contributed by atoms with Crippen LogP contribution in [0.1, 0.15) is 38.2 Å². The molecule has 1 N–H and O–H groups in total. The van der Waals surface area contributed by atoms with Gasteiger partial charge in [0.1, 0.15) is 5.75 Å². The molecule has 3 heteroatoms. The summed E-state index contributed by atoms with van der Waals surface area (Å²) in [5, 5.41) is 9.42. The first-order valence-electron chi connectivity index (χ1n) is 6.01. The molecule has 0 aliphatic rings. The zero-order chi connectivity index (χ0) is 12.8. The smallest absolute Gasteiger partial charge is 0.311 e. The number of aliphatic carboxylic acids is 1. The number of methoxy groups -OCH3 is 1. The summed E-state index contributed by atoms with van der Waals surface area (Å²) in [6.45, 7) is 4.05. The first-order valence-corrected chi connectivity index (χ1v) is 6.01. The molecule has 0 radical (unpaired) electrons. The normalized spacial score (nSPS) is 12.5. The third-order valence-corrected chi connectivity index (χ3v) is 3.26. The number of carboxylic acid groups (broad SMARTS) is 1. The zero-order valence-electron chi connectivity index (χ0n) is 10.6. The second-order valence-electron chi connectivity index (χ2n) is 4.13. The van der Waals surface area contributed by atoms with E-state index in [1.807, 2.05) is 38.1 Å². The molecule has 0 aliphatic carbocycles. The second kappa shape index (κ2) is 6.28.